The van der Waals surface area contributed by atoms with Crippen molar-refractivity contribution in [3.05, 3.63) is 81.0 Å². The molecule has 0 bridgehead atoms. The van der Waals surface area contributed by atoms with Gasteiger partial charge in [-0.2, -0.15) is 0 Å². The molecule has 0 saturated carbocycles. The van der Waals surface area contributed by atoms with Gasteiger partial charge in [0, 0.05) is 23.5 Å². The smallest absolute Gasteiger partial charge is 0.276 e. The molecular formula is C21H16Cl2N4O4S. The SMILES string of the molecule is COc1ncc(-c2ccc3ncc(Cl)c(=O)n3c2)cc1NS(=O)(=O)c1ccc(C)cc1Cl. The van der Waals surface area contributed by atoms with Crippen molar-refractivity contribution in [1.82, 2.24) is 14.4 Å². The molecule has 11 heteroatoms. The molecule has 0 unspecified atom stereocenters. The predicted octanol–water partition coefficient (Wildman–Crippen LogP) is 4.18. The predicted molar refractivity (Wildman–Crippen MR) is 123 cm³/mol. The van der Waals surface area contributed by atoms with E-state index in [0.29, 0.717) is 16.8 Å². The summed E-state index contributed by atoms with van der Waals surface area (Å²) in [6.45, 7) is 1.81. The molecule has 32 heavy (non-hydrogen) atoms. The van der Waals surface area contributed by atoms with Gasteiger partial charge in [-0.05, 0) is 42.8 Å². The van der Waals surface area contributed by atoms with Gasteiger partial charge in [-0.15, -0.1) is 0 Å². The van der Waals surface area contributed by atoms with Crippen LogP contribution >= 0.6 is 23.2 Å². The van der Waals surface area contributed by atoms with Crippen LogP contribution in [0, 0.1) is 6.92 Å². The highest BCUT2D eigenvalue weighted by Crippen LogP contribution is 2.31. The van der Waals surface area contributed by atoms with Crippen molar-refractivity contribution in [3.8, 4) is 17.0 Å². The summed E-state index contributed by atoms with van der Waals surface area (Å²) >= 11 is 12.0. The fourth-order valence-corrected chi connectivity index (χ4v) is 4.88. The highest BCUT2D eigenvalue weighted by molar-refractivity contribution is 7.92. The van der Waals surface area contributed by atoms with E-state index in [1.165, 1.54) is 30.0 Å². The van der Waals surface area contributed by atoms with Crippen LogP contribution in [0.3, 0.4) is 0 Å². The number of methoxy groups -OCH3 is 1. The second-order valence-electron chi connectivity index (χ2n) is 6.88. The zero-order chi connectivity index (χ0) is 23.0. The first-order chi connectivity index (χ1) is 15.2. The van der Waals surface area contributed by atoms with Gasteiger partial charge in [0.2, 0.25) is 5.88 Å². The van der Waals surface area contributed by atoms with Gasteiger partial charge in [0.1, 0.15) is 21.3 Å². The topological polar surface area (TPSA) is 103 Å². The Kier molecular flexibility index (Phi) is 5.81. The lowest BCUT2D eigenvalue weighted by Gasteiger charge is -2.14. The number of ether oxygens (including phenoxy) is 1. The van der Waals surface area contributed by atoms with Crippen LogP contribution < -0.4 is 15.0 Å². The molecule has 0 radical (unpaired) electrons. The molecule has 0 atom stereocenters. The number of nitrogens with zero attached hydrogens (tertiary/aromatic N) is 3. The summed E-state index contributed by atoms with van der Waals surface area (Å²) in [5.74, 6) is 0.0724. The standard InChI is InChI=1S/C21H16Cl2N4O4S/c1-12-3-5-18(15(22)7-12)32(29,30)26-17-8-14(9-25-20(17)31-2)13-4-6-19-24-10-16(23)21(28)27(19)11-13/h3-11,26H,1-2H3. The fraction of sp³-hybridized carbons (Fsp3) is 0.0952. The van der Waals surface area contributed by atoms with Gasteiger partial charge < -0.3 is 4.74 Å². The average Bonchev–Trinajstić information content (AvgIpc) is 2.75. The minimum atomic E-state index is -4.02. The zero-order valence-electron chi connectivity index (χ0n) is 16.8. The lowest BCUT2D eigenvalue weighted by Crippen LogP contribution is -2.15. The van der Waals surface area contributed by atoms with Crippen molar-refractivity contribution in [2.24, 2.45) is 0 Å². The van der Waals surface area contributed by atoms with Crippen molar-refractivity contribution in [3.63, 3.8) is 0 Å². The first-order valence-corrected chi connectivity index (χ1v) is 11.4. The number of sulfonamides is 1. The minimum Gasteiger partial charge on any atom is -0.480 e. The van der Waals surface area contributed by atoms with E-state index in [1.807, 2.05) is 6.92 Å². The molecule has 0 spiro atoms. The number of nitrogens with one attached hydrogen (secondary N) is 1. The second kappa shape index (κ2) is 8.42. The van der Waals surface area contributed by atoms with Gasteiger partial charge in [0.15, 0.2) is 0 Å². The van der Waals surface area contributed by atoms with Crippen molar-refractivity contribution in [1.29, 1.82) is 0 Å². The van der Waals surface area contributed by atoms with E-state index in [0.717, 1.165) is 5.56 Å². The number of pyridine rings is 2. The summed E-state index contributed by atoms with van der Waals surface area (Å²) in [5.41, 5.74) is 2.06. The molecular weight excluding hydrogens is 475 g/mol. The maximum atomic E-state index is 13.0. The Bertz CT molecular complexity index is 1520. The van der Waals surface area contributed by atoms with E-state index in [-0.39, 0.29) is 26.5 Å². The van der Waals surface area contributed by atoms with E-state index >= 15 is 0 Å². The number of fused-ring (bicyclic) bond motifs is 1. The lowest BCUT2D eigenvalue weighted by molar-refractivity contribution is 0.400. The van der Waals surface area contributed by atoms with E-state index < -0.39 is 15.6 Å². The molecule has 164 valence electrons. The molecule has 4 aromatic rings. The monoisotopic (exact) mass is 490 g/mol. The van der Waals surface area contributed by atoms with Gasteiger partial charge in [-0.25, -0.2) is 18.4 Å². The molecule has 4 rings (SSSR count). The highest BCUT2D eigenvalue weighted by Gasteiger charge is 2.21. The largest absolute Gasteiger partial charge is 0.480 e. The number of rotatable bonds is 5. The minimum absolute atomic E-state index is 0.0177. The summed E-state index contributed by atoms with van der Waals surface area (Å²) in [4.78, 5) is 20.6. The number of aromatic nitrogens is 3. The quantitative estimate of drug-likeness (QED) is 0.450. The van der Waals surface area contributed by atoms with Gasteiger partial charge in [0.05, 0.1) is 18.3 Å². The molecule has 0 aliphatic rings. The first kappa shape index (κ1) is 22.1. The summed E-state index contributed by atoms with van der Waals surface area (Å²) in [6, 6.07) is 9.57. The Morgan fingerprint density at radius 2 is 1.78 bits per heavy atom. The normalized spacial score (nSPS) is 11.5. The highest BCUT2D eigenvalue weighted by atomic mass is 35.5. The Balaban J connectivity index is 1.79. The van der Waals surface area contributed by atoms with E-state index in [4.69, 9.17) is 27.9 Å². The summed E-state index contributed by atoms with van der Waals surface area (Å²) in [6.07, 6.45) is 4.34. The number of hydrogen-bond donors (Lipinski definition) is 1. The van der Waals surface area contributed by atoms with Crippen LogP contribution in [0.2, 0.25) is 10.0 Å². The van der Waals surface area contributed by atoms with Gasteiger partial charge >= 0.3 is 0 Å². The van der Waals surface area contributed by atoms with E-state index in [2.05, 4.69) is 14.7 Å². The third-order valence-corrected chi connectivity index (χ3v) is 6.77. The molecule has 0 aliphatic carbocycles. The number of aryl methyl sites for hydroxylation is 1. The Hall–Kier alpha value is -3.14. The third kappa shape index (κ3) is 4.14. The number of benzene rings is 1. The van der Waals surface area contributed by atoms with Crippen molar-refractivity contribution in [2.45, 2.75) is 11.8 Å². The number of halogens is 2. The molecule has 0 aliphatic heterocycles. The van der Waals surface area contributed by atoms with Gasteiger partial charge in [0.25, 0.3) is 15.6 Å². The Morgan fingerprint density at radius 3 is 2.50 bits per heavy atom. The maximum Gasteiger partial charge on any atom is 0.276 e. The summed E-state index contributed by atoms with van der Waals surface area (Å²) < 4.78 is 34.9. The van der Waals surface area contributed by atoms with Crippen LogP contribution in [-0.2, 0) is 10.0 Å². The van der Waals surface area contributed by atoms with Crippen LogP contribution in [0.1, 0.15) is 5.56 Å². The van der Waals surface area contributed by atoms with E-state index in [9.17, 15) is 13.2 Å². The molecule has 1 aromatic carbocycles. The van der Waals surface area contributed by atoms with Gasteiger partial charge in [-0.1, -0.05) is 29.3 Å². The van der Waals surface area contributed by atoms with Crippen molar-refractivity contribution < 1.29 is 13.2 Å². The molecule has 3 heterocycles. The van der Waals surface area contributed by atoms with Crippen LogP contribution in [0.15, 0.2) is 64.7 Å². The number of anilines is 1. The Morgan fingerprint density at radius 1 is 1.00 bits per heavy atom. The number of hydrogen-bond acceptors (Lipinski definition) is 6. The molecule has 1 N–H and O–H groups in total. The maximum absolute atomic E-state index is 13.0. The first-order valence-electron chi connectivity index (χ1n) is 9.20. The second-order valence-corrected chi connectivity index (χ2v) is 9.34. The van der Waals surface area contributed by atoms with Crippen molar-refractivity contribution >= 4 is 44.6 Å². The Labute approximate surface area is 193 Å². The molecule has 0 saturated heterocycles. The third-order valence-electron chi connectivity index (χ3n) is 4.66. The average molecular weight is 491 g/mol. The lowest BCUT2D eigenvalue weighted by atomic mass is 10.1. The molecule has 3 aromatic heterocycles. The van der Waals surface area contributed by atoms with Crippen LogP contribution in [0.5, 0.6) is 5.88 Å². The van der Waals surface area contributed by atoms with Crippen LogP contribution in [-0.4, -0.2) is 29.9 Å². The summed E-state index contributed by atoms with van der Waals surface area (Å²) in [7, 11) is -2.65. The molecule has 0 fully saturated rings. The van der Waals surface area contributed by atoms with Crippen LogP contribution in [0.25, 0.3) is 16.8 Å². The molecule has 8 nitrogen and oxygen atoms in total. The zero-order valence-corrected chi connectivity index (χ0v) is 19.2. The fourth-order valence-electron chi connectivity index (χ4n) is 3.09. The van der Waals surface area contributed by atoms with E-state index in [1.54, 1.807) is 36.5 Å². The van der Waals surface area contributed by atoms with Crippen molar-refractivity contribution in [2.75, 3.05) is 11.8 Å². The summed E-state index contributed by atoms with van der Waals surface area (Å²) in [5, 5.41) is 0.0785. The molecule has 0 amide bonds. The van der Waals surface area contributed by atoms with Crippen LogP contribution in [0.4, 0.5) is 5.69 Å². The van der Waals surface area contributed by atoms with Gasteiger partial charge in [-0.3, -0.25) is 13.9 Å².